The molecule has 0 aliphatic carbocycles. The van der Waals surface area contributed by atoms with E-state index >= 15 is 0 Å². The average molecular weight is 184 g/mol. The molecule has 0 fully saturated rings. The lowest BCUT2D eigenvalue weighted by Crippen LogP contribution is -2.10. The van der Waals surface area contributed by atoms with E-state index in [1.165, 1.54) is 0 Å². The predicted octanol–water partition coefficient (Wildman–Crippen LogP) is 0.533. The molecule has 0 saturated carbocycles. The fraction of sp³-hybridized carbons (Fsp3) is 0.750. The smallest absolute Gasteiger partial charge is 0.239 e. The second-order valence-corrected chi connectivity index (χ2v) is 3.33. The van der Waals surface area contributed by atoms with Gasteiger partial charge in [-0.1, -0.05) is 13.8 Å². The second-order valence-electron chi connectivity index (χ2n) is 3.33. The van der Waals surface area contributed by atoms with Gasteiger partial charge in [0.25, 0.3) is 0 Å². The summed E-state index contributed by atoms with van der Waals surface area (Å²) in [6, 6.07) is 0. The van der Waals surface area contributed by atoms with E-state index in [4.69, 9.17) is 10.5 Å². The Morgan fingerprint density at radius 3 is 2.92 bits per heavy atom. The normalized spacial score (nSPS) is 11.0. The van der Waals surface area contributed by atoms with Gasteiger partial charge in [0.05, 0.1) is 13.2 Å². The number of rotatable bonds is 5. The van der Waals surface area contributed by atoms with E-state index in [2.05, 4.69) is 23.9 Å². The minimum absolute atomic E-state index is 0.309. The summed E-state index contributed by atoms with van der Waals surface area (Å²) >= 11 is 0. The van der Waals surface area contributed by atoms with Crippen LogP contribution in [0.3, 0.4) is 0 Å². The summed E-state index contributed by atoms with van der Waals surface area (Å²) in [6.07, 6.45) is 1.61. The highest BCUT2D eigenvalue weighted by atomic mass is 16.5. The molecule has 1 heterocycles. The fourth-order valence-electron chi connectivity index (χ4n) is 0.894. The Kier molecular flexibility index (Phi) is 3.70. The van der Waals surface area contributed by atoms with E-state index in [1.54, 1.807) is 11.0 Å². The zero-order valence-electron chi connectivity index (χ0n) is 8.10. The van der Waals surface area contributed by atoms with Crippen molar-refractivity contribution in [3.8, 4) is 0 Å². The van der Waals surface area contributed by atoms with Gasteiger partial charge in [0, 0.05) is 6.61 Å². The van der Waals surface area contributed by atoms with Gasteiger partial charge in [0.15, 0.2) is 0 Å². The van der Waals surface area contributed by atoms with Gasteiger partial charge in [-0.05, 0) is 5.92 Å². The van der Waals surface area contributed by atoms with Crippen LogP contribution in [-0.4, -0.2) is 28.0 Å². The topological polar surface area (TPSA) is 66.0 Å². The van der Waals surface area contributed by atoms with Crippen LogP contribution in [0.2, 0.25) is 0 Å². The number of hydrogen-bond acceptors (Lipinski definition) is 4. The van der Waals surface area contributed by atoms with Crippen molar-refractivity contribution < 1.29 is 4.74 Å². The Morgan fingerprint density at radius 2 is 2.38 bits per heavy atom. The number of nitrogens with zero attached hydrogens (tertiary/aromatic N) is 3. The van der Waals surface area contributed by atoms with E-state index in [9.17, 15) is 0 Å². The molecule has 0 aromatic carbocycles. The van der Waals surface area contributed by atoms with Gasteiger partial charge in [-0.3, -0.25) is 0 Å². The van der Waals surface area contributed by atoms with Crippen molar-refractivity contribution in [2.75, 3.05) is 18.9 Å². The molecule has 13 heavy (non-hydrogen) atoms. The standard InChI is InChI=1S/C8H16N4O/c1-7(2)5-13-4-3-12-6-10-8(9)11-12/h6-7H,3-5H2,1-2H3,(H2,9,11). The molecule has 0 atom stereocenters. The van der Waals surface area contributed by atoms with Gasteiger partial charge < -0.3 is 10.5 Å². The van der Waals surface area contributed by atoms with Gasteiger partial charge >= 0.3 is 0 Å². The minimum atomic E-state index is 0.309. The highest BCUT2D eigenvalue weighted by Crippen LogP contribution is 1.93. The van der Waals surface area contributed by atoms with E-state index < -0.39 is 0 Å². The van der Waals surface area contributed by atoms with Crippen molar-refractivity contribution in [2.24, 2.45) is 5.92 Å². The maximum Gasteiger partial charge on any atom is 0.239 e. The van der Waals surface area contributed by atoms with E-state index in [0.717, 1.165) is 6.61 Å². The van der Waals surface area contributed by atoms with E-state index in [-0.39, 0.29) is 0 Å². The molecule has 0 bridgehead atoms. The molecule has 1 rings (SSSR count). The summed E-state index contributed by atoms with van der Waals surface area (Å²) in [5.74, 6) is 0.879. The molecule has 0 aliphatic heterocycles. The first-order valence-electron chi connectivity index (χ1n) is 4.41. The Morgan fingerprint density at radius 1 is 1.62 bits per heavy atom. The lowest BCUT2D eigenvalue weighted by atomic mass is 10.2. The number of ether oxygens (including phenoxy) is 1. The van der Waals surface area contributed by atoms with Crippen molar-refractivity contribution >= 4 is 5.95 Å². The van der Waals surface area contributed by atoms with Crippen LogP contribution >= 0.6 is 0 Å². The maximum absolute atomic E-state index is 5.38. The van der Waals surface area contributed by atoms with Crippen molar-refractivity contribution in [2.45, 2.75) is 20.4 Å². The lowest BCUT2D eigenvalue weighted by Gasteiger charge is -2.05. The molecule has 0 spiro atoms. The van der Waals surface area contributed by atoms with Crippen LogP contribution in [0, 0.1) is 5.92 Å². The van der Waals surface area contributed by atoms with Gasteiger partial charge in [-0.15, -0.1) is 5.10 Å². The summed E-state index contributed by atoms with van der Waals surface area (Å²) in [5.41, 5.74) is 5.35. The first-order valence-corrected chi connectivity index (χ1v) is 4.41. The van der Waals surface area contributed by atoms with Gasteiger partial charge in [-0.25, -0.2) is 9.67 Å². The van der Waals surface area contributed by atoms with Gasteiger partial charge in [-0.2, -0.15) is 0 Å². The zero-order chi connectivity index (χ0) is 9.68. The molecular formula is C8H16N4O. The monoisotopic (exact) mass is 184 g/mol. The maximum atomic E-state index is 5.38. The largest absolute Gasteiger partial charge is 0.379 e. The van der Waals surface area contributed by atoms with Crippen LogP contribution in [0.5, 0.6) is 0 Å². The SMILES string of the molecule is CC(C)COCCn1cnc(N)n1. The second kappa shape index (κ2) is 4.81. The van der Waals surface area contributed by atoms with E-state index in [0.29, 0.717) is 25.0 Å². The summed E-state index contributed by atoms with van der Waals surface area (Å²) in [6.45, 7) is 6.38. The fourth-order valence-corrected chi connectivity index (χ4v) is 0.894. The molecule has 0 saturated heterocycles. The summed E-state index contributed by atoms with van der Waals surface area (Å²) in [5, 5.41) is 3.93. The number of nitrogens with two attached hydrogens (primary N) is 1. The van der Waals surface area contributed by atoms with Crippen LogP contribution in [0.25, 0.3) is 0 Å². The van der Waals surface area contributed by atoms with Crippen LogP contribution in [0.4, 0.5) is 5.95 Å². The van der Waals surface area contributed by atoms with Crippen LogP contribution < -0.4 is 5.73 Å². The van der Waals surface area contributed by atoms with Crippen LogP contribution in [0.15, 0.2) is 6.33 Å². The minimum Gasteiger partial charge on any atom is -0.379 e. The highest BCUT2D eigenvalue weighted by Gasteiger charge is 1.96. The summed E-state index contributed by atoms with van der Waals surface area (Å²) in [7, 11) is 0. The number of nitrogen functional groups attached to an aromatic ring is 1. The molecule has 74 valence electrons. The first-order chi connectivity index (χ1) is 6.18. The molecule has 2 N–H and O–H groups in total. The van der Waals surface area contributed by atoms with Crippen molar-refractivity contribution in [3.05, 3.63) is 6.33 Å². The molecule has 1 aromatic heterocycles. The zero-order valence-corrected chi connectivity index (χ0v) is 8.10. The molecule has 0 radical (unpaired) electrons. The quantitative estimate of drug-likeness (QED) is 0.678. The van der Waals surface area contributed by atoms with Crippen LogP contribution in [-0.2, 0) is 11.3 Å². The summed E-state index contributed by atoms with van der Waals surface area (Å²) in [4.78, 5) is 3.80. The van der Waals surface area contributed by atoms with Crippen LogP contribution in [0.1, 0.15) is 13.8 Å². The molecule has 0 unspecified atom stereocenters. The highest BCUT2D eigenvalue weighted by molar-refractivity contribution is 5.08. The van der Waals surface area contributed by atoms with Crippen molar-refractivity contribution in [3.63, 3.8) is 0 Å². The van der Waals surface area contributed by atoms with Crippen molar-refractivity contribution in [1.29, 1.82) is 0 Å². The first kappa shape index (κ1) is 9.98. The third kappa shape index (κ3) is 3.89. The third-order valence-corrected chi connectivity index (χ3v) is 1.47. The van der Waals surface area contributed by atoms with E-state index in [1.807, 2.05) is 0 Å². The number of hydrogen-bond donors (Lipinski definition) is 1. The molecule has 1 aromatic rings. The Balaban J connectivity index is 2.13. The Bertz CT molecular complexity index is 246. The molecule has 0 aliphatic rings. The van der Waals surface area contributed by atoms with Gasteiger partial charge in [0.1, 0.15) is 6.33 Å². The Labute approximate surface area is 77.9 Å². The predicted molar refractivity (Wildman–Crippen MR) is 50.1 cm³/mol. The molecule has 5 nitrogen and oxygen atoms in total. The van der Waals surface area contributed by atoms with Crippen molar-refractivity contribution in [1.82, 2.24) is 14.8 Å². The number of aromatic nitrogens is 3. The third-order valence-electron chi connectivity index (χ3n) is 1.47. The number of anilines is 1. The molecular weight excluding hydrogens is 168 g/mol. The average Bonchev–Trinajstić information content (AvgIpc) is 2.45. The molecule has 0 amide bonds. The molecule has 5 heteroatoms. The summed E-state index contributed by atoms with van der Waals surface area (Å²) < 4.78 is 7.06. The lowest BCUT2D eigenvalue weighted by molar-refractivity contribution is 0.101. The van der Waals surface area contributed by atoms with Gasteiger partial charge in [0.2, 0.25) is 5.95 Å². The Hall–Kier alpha value is -1.10.